The largest absolute Gasteiger partial charge is 0.484 e. The summed E-state index contributed by atoms with van der Waals surface area (Å²) < 4.78 is 5.59. The van der Waals surface area contributed by atoms with Crippen LogP contribution in [0.3, 0.4) is 0 Å². The summed E-state index contributed by atoms with van der Waals surface area (Å²) in [7, 11) is 0. The van der Waals surface area contributed by atoms with Crippen LogP contribution >= 0.6 is 0 Å². The summed E-state index contributed by atoms with van der Waals surface area (Å²) in [5.41, 5.74) is 0.0331. The molecule has 6 heteroatoms. The van der Waals surface area contributed by atoms with E-state index in [0.717, 1.165) is 25.7 Å². The Hall–Kier alpha value is -2.08. The molecule has 6 nitrogen and oxygen atoms in total. The van der Waals surface area contributed by atoms with Crippen LogP contribution in [0.25, 0.3) is 0 Å². The molecule has 3 rings (SSSR count). The van der Waals surface area contributed by atoms with E-state index in [-0.39, 0.29) is 59.6 Å². The zero-order valence-electron chi connectivity index (χ0n) is 20.1. The van der Waals surface area contributed by atoms with Crippen LogP contribution in [-0.2, 0) is 9.59 Å². The number of hydrogen-bond acceptors (Lipinski definition) is 4. The zero-order valence-corrected chi connectivity index (χ0v) is 20.1. The van der Waals surface area contributed by atoms with Crippen molar-refractivity contribution in [1.82, 2.24) is 10.6 Å². The first-order valence-electron chi connectivity index (χ1n) is 12.1. The molecule has 1 aromatic carbocycles. The van der Waals surface area contributed by atoms with Crippen molar-refractivity contribution in [2.45, 2.75) is 78.5 Å². The molecule has 2 aliphatic carbocycles. The quantitative estimate of drug-likeness (QED) is 0.600. The van der Waals surface area contributed by atoms with Crippen LogP contribution in [0.1, 0.15) is 60.3 Å². The van der Waals surface area contributed by atoms with Gasteiger partial charge in [-0.1, -0.05) is 39.0 Å². The van der Waals surface area contributed by atoms with Crippen LogP contribution in [0.4, 0.5) is 0 Å². The maximum atomic E-state index is 12.6. The fourth-order valence-corrected chi connectivity index (χ4v) is 6.02. The summed E-state index contributed by atoms with van der Waals surface area (Å²) in [6, 6.07) is 9.40. The van der Waals surface area contributed by atoms with E-state index in [0.29, 0.717) is 5.75 Å². The second-order valence-electron chi connectivity index (χ2n) is 10.5. The van der Waals surface area contributed by atoms with Gasteiger partial charge in [-0.15, -0.1) is 0 Å². The van der Waals surface area contributed by atoms with E-state index in [1.54, 1.807) is 0 Å². The Labute approximate surface area is 192 Å². The van der Waals surface area contributed by atoms with Gasteiger partial charge < -0.3 is 20.5 Å². The summed E-state index contributed by atoms with van der Waals surface area (Å²) >= 11 is 0. The second-order valence-corrected chi connectivity index (χ2v) is 10.5. The zero-order chi connectivity index (χ0) is 23.5. The molecule has 1 unspecified atom stereocenters. The molecule has 178 valence electrons. The standard InChI is InChI=1S/C26H40N2O4/c1-16(2)27-25(31)17(3)20-11-13-26(5)14-12-21(18(4)23(26)24(20)30)28-22(29)15-32-19-9-7-6-8-10-19/h6-10,16-18,20-21,23-24,30H,11-15H2,1-5H3,(H,27,31)(H,28,29)/t17-,18+,20?,21-,23+,24-,26-/m0/s1. The van der Waals surface area contributed by atoms with Crippen molar-refractivity contribution >= 4 is 11.8 Å². The Kier molecular flexibility index (Phi) is 7.86. The molecule has 0 aromatic heterocycles. The van der Waals surface area contributed by atoms with Gasteiger partial charge in [0, 0.05) is 18.0 Å². The average molecular weight is 445 g/mol. The van der Waals surface area contributed by atoms with Gasteiger partial charge in [-0.3, -0.25) is 9.59 Å². The first-order valence-corrected chi connectivity index (χ1v) is 12.1. The van der Waals surface area contributed by atoms with Gasteiger partial charge in [0.25, 0.3) is 5.91 Å². The third-order valence-electron chi connectivity index (χ3n) is 7.83. The lowest BCUT2D eigenvalue weighted by Crippen LogP contribution is -2.59. The number of fused-ring (bicyclic) bond motifs is 1. The lowest BCUT2D eigenvalue weighted by molar-refractivity contribution is -0.144. The molecule has 0 heterocycles. The minimum absolute atomic E-state index is 0.00635. The third-order valence-corrected chi connectivity index (χ3v) is 7.83. The summed E-state index contributed by atoms with van der Waals surface area (Å²) in [6.07, 6.45) is 3.16. The van der Waals surface area contributed by atoms with Gasteiger partial charge in [-0.05, 0) is 74.8 Å². The number of rotatable bonds is 7. The second kappa shape index (κ2) is 10.2. The molecule has 0 radical (unpaired) electrons. The number of benzene rings is 1. The number of hydrogen-bond donors (Lipinski definition) is 3. The molecule has 3 N–H and O–H groups in total. The number of aliphatic hydroxyl groups excluding tert-OH is 1. The summed E-state index contributed by atoms with van der Waals surface area (Å²) in [5, 5.41) is 17.6. The normalized spacial score (nSPS) is 33.2. The molecule has 2 fully saturated rings. The highest BCUT2D eigenvalue weighted by Crippen LogP contribution is 2.55. The molecular formula is C26H40N2O4. The highest BCUT2D eigenvalue weighted by Gasteiger charge is 2.53. The number of amides is 2. The van der Waals surface area contributed by atoms with E-state index >= 15 is 0 Å². The molecule has 1 aromatic rings. The van der Waals surface area contributed by atoms with Gasteiger partial charge in [0.2, 0.25) is 5.91 Å². The number of carbonyl (C=O) groups excluding carboxylic acids is 2. The summed E-state index contributed by atoms with van der Waals surface area (Å²) in [6.45, 7) is 10.2. The molecule has 0 spiro atoms. The minimum Gasteiger partial charge on any atom is -0.484 e. The fourth-order valence-electron chi connectivity index (χ4n) is 6.02. The maximum Gasteiger partial charge on any atom is 0.258 e. The maximum absolute atomic E-state index is 12.6. The van der Waals surface area contributed by atoms with E-state index in [1.165, 1.54) is 0 Å². The molecule has 0 saturated heterocycles. The smallest absolute Gasteiger partial charge is 0.258 e. The Bertz CT molecular complexity index is 783. The molecule has 2 amide bonds. The highest BCUT2D eigenvalue weighted by molar-refractivity contribution is 5.79. The van der Waals surface area contributed by atoms with Gasteiger partial charge in [-0.25, -0.2) is 0 Å². The van der Waals surface area contributed by atoms with E-state index in [2.05, 4.69) is 24.5 Å². The number of ether oxygens (including phenoxy) is 1. The van der Waals surface area contributed by atoms with E-state index in [4.69, 9.17) is 4.74 Å². The topological polar surface area (TPSA) is 87.7 Å². The van der Waals surface area contributed by atoms with Gasteiger partial charge in [0.15, 0.2) is 6.61 Å². The van der Waals surface area contributed by atoms with Gasteiger partial charge in [-0.2, -0.15) is 0 Å². The first kappa shape index (κ1) is 24.6. The van der Waals surface area contributed by atoms with Crippen molar-refractivity contribution in [1.29, 1.82) is 0 Å². The molecule has 0 aliphatic heterocycles. The van der Waals surface area contributed by atoms with Crippen LogP contribution in [0.2, 0.25) is 0 Å². The number of carbonyl (C=O) groups is 2. The van der Waals surface area contributed by atoms with Gasteiger partial charge in [0.1, 0.15) is 5.75 Å². The molecule has 7 atom stereocenters. The van der Waals surface area contributed by atoms with Crippen LogP contribution in [0, 0.1) is 29.1 Å². The molecule has 2 aliphatic rings. The number of para-hydroxylation sites is 1. The Morgan fingerprint density at radius 2 is 1.81 bits per heavy atom. The molecule has 32 heavy (non-hydrogen) atoms. The van der Waals surface area contributed by atoms with Gasteiger partial charge in [0.05, 0.1) is 6.10 Å². The first-order chi connectivity index (χ1) is 15.1. The van der Waals surface area contributed by atoms with Crippen molar-refractivity contribution in [2.75, 3.05) is 6.61 Å². The molecular weight excluding hydrogens is 404 g/mol. The van der Waals surface area contributed by atoms with Crippen molar-refractivity contribution in [3.8, 4) is 5.75 Å². The fraction of sp³-hybridized carbons (Fsp3) is 0.692. The minimum atomic E-state index is -0.558. The Balaban J connectivity index is 1.64. The van der Waals surface area contributed by atoms with E-state index < -0.39 is 6.10 Å². The predicted octanol–water partition coefficient (Wildman–Crippen LogP) is 3.53. The van der Waals surface area contributed by atoms with E-state index in [1.807, 2.05) is 51.1 Å². The Morgan fingerprint density at radius 1 is 1.16 bits per heavy atom. The summed E-state index contributed by atoms with van der Waals surface area (Å²) in [4.78, 5) is 25.2. The number of nitrogens with one attached hydrogen (secondary N) is 2. The van der Waals surface area contributed by atoms with Crippen molar-refractivity contribution in [3.05, 3.63) is 30.3 Å². The highest BCUT2D eigenvalue weighted by atomic mass is 16.5. The van der Waals surface area contributed by atoms with E-state index in [9.17, 15) is 14.7 Å². The molecule has 0 bridgehead atoms. The average Bonchev–Trinajstić information content (AvgIpc) is 2.74. The monoisotopic (exact) mass is 444 g/mol. The van der Waals surface area contributed by atoms with Crippen LogP contribution in [0.5, 0.6) is 5.75 Å². The Morgan fingerprint density at radius 3 is 2.47 bits per heavy atom. The SMILES string of the molecule is CC(C)NC(=O)[C@@H](C)C1CC[C@@]2(C)CC[C@H](NC(=O)COc3ccccc3)[C@@H](C)[C@@H]2[C@H]1O. The van der Waals surface area contributed by atoms with Crippen molar-refractivity contribution in [3.63, 3.8) is 0 Å². The predicted molar refractivity (Wildman–Crippen MR) is 125 cm³/mol. The van der Waals surface area contributed by atoms with Crippen LogP contribution < -0.4 is 15.4 Å². The third kappa shape index (κ3) is 5.45. The number of aliphatic hydroxyl groups is 1. The van der Waals surface area contributed by atoms with Crippen molar-refractivity contribution < 1.29 is 19.4 Å². The lowest BCUT2D eigenvalue weighted by atomic mass is 9.51. The van der Waals surface area contributed by atoms with Crippen molar-refractivity contribution in [2.24, 2.45) is 29.1 Å². The lowest BCUT2D eigenvalue weighted by Gasteiger charge is -2.56. The van der Waals surface area contributed by atoms with Crippen LogP contribution in [-0.4, -0.2) is 41.7 Å². The van der Waals surface area contributed by atoms with Crippen LogP contribution in [0.15, 0.2) is 30.3 Å². The van der Waals surface area contributed by atoms with Gasteiger partial charge >= 0.3 is 0 Å². The molecule has 2 saturated carbocycles. The summed E-state index contributed by atoms with van der Waals surface area (Å²) in [5.74, 6) is 0.409.